The average Bonchev–Trinajstić information content (AvgIpc) is 3.49. The number of sulfonamides is 1. The van der Waals surface area contributed by atoms with E-state index in [4.69, 9.17) is 11.6 Å². The number of fused-ring (bicyclic) bond motifs is 1. The first-order chi connectivity index (χ1) is 17.2. The van der Waals surface area contributed by atoms with Gasteiger partial charge in [-0.15, -0.1) is 11.3 Å². The Morgan fingerprint density at radius 2 is 1.72 bits per heavy atom. The summed E-state index contributed by atoms with van der Waals surface area (Å²) >= 11 is 7.28. The van der Waals surface area contributed by atoms with Gasteiger partial charge in [0.15, 0.2) is 0 Å². The van der Waals surface area contributed by atoms with Crippen LogP contribution in [-0.2, 0) is 22.9 Å². The van der Waals surface area contributed by atoms with Gasteiger partial charge in [0.1, 0.15) is 4.21 Å². The Hall–Kier alpha value is -2.97. The first-order valence-electron chi connectivity index (χ1n) is 11.6. The lowest BCUT2D eigenvalue weighted by Crippen LogP contribution is -2.34. The van der Waals surface area contributed by atoms with Crippen LogP contribution in [0.5, 0.6) is 0 Å². The van der Waals surface area contributed by atoms with E-state index in [0.29, 0.717) is 33.3 Å². The Kier molecular flexibility index (Phi) is 6.74. The molecule has 1 aliphatic carbocycles. The van der Waals surface area contributed by atoms with Crippen molar-refractivity contribution in [3.05, 3.63) is 105 Å². The number of nitrogens with one attached hydrogen (secondary N) is 2. The van der Waals surface area contributed by atoms with Crippen molar-refractivity contribution in [2.45, 2.75) is 36.9 Å². The lowest BCUT2D eigenvalue weighted by Gasteiger charge is -2.15. The van der Waals surface area contributed by atoms with Gasteiger partial charge in [-0.2, -0.15) is 0 Å². The van der Waals surface area contributed by atoms with Crippen LogP contribution in [0.1, 0.15) is 32.6 Å². The third-order valence-corrected chi connectivity index (χ3v) is 9.51. The number of hydrogen-bond donors (Lipinski definition) is 2. The summed E-state index contributed by atoms with van der Waals surface area (Å²) in [5, 5.41) is 5.44. The van der Waals surface area contributed by atoms with E-state index < -0.39 is 10.0 Å². The van der Waals surface area contributed by atoms with Gasteiger partial charge >= 0.3 is 0 Å². The van der Waals surface area contributed by atoms with Crippen molar-refractivity contribution in [1.82, 2.24) is 4.72 Å². The smallest absolute Gasteiger partial charge is 0.256 e. The normalized spacial score (nSPS) is 15.0. The molecule has 0 saturated heterocycles. The summed E-state index contributed by atoms with van der Waals surface area (Å²) in [6.45, 7) is 3.97. The highest BCUT2D eigenvalue weighted by atomic mass is 35.5. The molecule has 36 heavy (non-hydrogen) atoms. The SMILES string of the molecule is Cc1cc(C)c(-c2ccc(Cl)cc2)c(C(=O)Nc2ccc3c(c2)CC(NS(=O)(=O)c2cccs2)C3)c1. The summed E-state index contributed by atoms with van der Waals surface area (Å²) < 4.78 is 28.4. The topological polar surface area (TPSA) is 75.3 Å². The average molecular weight is 537 g/mol. The number of carbonyl (C=O) groups excluding carboxylic acids is 1. The highest BCUT2D eigenvalue weighted by Gasteiger charge is 2.27. The lowest BCUT2D eigenvalue weighted by atomic mass is 9.92. The third kappa shape index (κ3) is 5.11. The van der Waals surface area contributed by atoms with Crippen molar-refractivity contribution >= 4 is 44.6 Å². The molecule has 8 heteroatoms. The molecule has 1 aromatic heterocycles. The number of halogens is 1. The second-order valence-corrected chi connectivity index (χ2v) is 12.4. The van der Waals surface area contributed by atoms with Crippen molar-refractivity contribution in [3.8, 4) is 11.1 Å². The summed E-state index contributed by atoms with van der Waals surface area (Å²) in [7, 11) is -3.53. The molecular formula is C28H25ClN2O3S2. The zero-order chi connectivity index (χ0) is 25.4. The van der Waals surface area contributed by atoms with Gasteiger partial charge in [-0.05, 0) is 96.3 Å². The summed E-state index contributed by atoms with van der Waals surface area (Å²) in [6.07, 6.45) is 1.19. The third-order valence-electron chi connectivity index (χ3n) is 6.34. The minimum absolute atomic E-state index is 0.195. The number of rotatable bonds is 6. The highest BCUT2D eigenvalue weighted by molar-refractivity contribution is 7.91. The molecule has 0 radical (unpaired) electrons. The molecule has 0 bridgehead atoms. The molecule has 3 aromatic carbocycles. The second kappa shape index (κ2) is 9.82. The van der Waals surface area contributed by atoms with Crippen LogP contribution in [-0.4, -0.2) is 20.4 Å². The Balaban J connectivity index is 1.36. The molecule has 1 heterocycles. The number of amides is 1. The van der Waals surface area contributed by atoms with E-state index in [0.717, 1.165) is 33.4 Å². The van der Waals surface area contributed by atoms with E-state index in [1.165, 1.54) is 11.3 Å². The Morgan fingerprint density at radius 3 is 2.44 bits per heavy atom. The largest absolute Gasteiger partial charge is 0.322 e. The minimum atomic E-state index is -3.53. The molecule has 1 aliphatic rings. The molecule has 1 unspecified atom stereocenters. The van der Waals surface area contributed by atoms with Crippen LogP contribution >= 0.6 is 22.9 Å². The monoisotopic (exact) mass is 536 g/mol. The number of aryl methyl sites for hydroxylation is 2. The maximum absolute atomic E-state index is 13.4. The Morgan fingerprint density at radius 1 is 0.972 bits per heavy atom. The fraction of sp³-hybridized carbons (Fsp3) is 0.179. The van der Waals surface area contributed by atoms with Gasteiger partial charge in [-0.25, -0.2) is 13.1 Å². The standard InChI is InChI=1S/C28H25ClN2O3S2/c1-17-12-18(2)27(19-5-8-22(29)9-6-19)25(13-17)28(32)30-23-10-7-20-14-24(16-21(20)15-23)31-36(33,34)26-4-3-11-35-26/h3-13,15,24,31H,14,16H2,1-2H3,(H,30,32). The van der Waals surface area contributed by atoms with Gasteiger partial charge in [0.05, 0.1) is 0 Å². The second-order valence-electron chi connectivity index (χ2n) is 9.11. The molecule has 1 atom stereocenters. The zero-order valence-electron chi connectivity index (χ0n) is 19.8. The molecule has 0 aliphatic heterocycles. The zero-order valence-corrected chi connectivity index (χ0v) is 22.2. The van der Waals surface area contributed by atoms with Crippen LogP contribution in [0.25, 0.3) is 11.1 Å². The van der Waals surface area contributed by atoms with E-state index in [1.54, 1.807) is 17.5 Å². The van der Waals surface area contributed by atoms with Gasteiger partial charge < -0.3 is 5.32 Å². The maximum atomic E-state index is 13.4. The van der Waals surface area contributed by atoms with E-state index in [-0.39, 0.29) is 11.9 Å². The minimum Gasteiger partial charge on any atom is -0.322 e. The van der Waals surface area contributed by atoms with E-state index in [1.807, 2.05) is 62.4 Å². The molecule has 0 fully saturated rings. The van der Waals surface area contributed by atoms with Crippen LogP contribution in [0.3, 0.4) is 0 Å². The Labute approximate surface area is 220 Å². The summed E-state index contributed by atoms with van der Waals surface area (Å²) in [6, 6.07) is 20.3. The lowest BCUT2D eigenvalue weighted by molar-refractivity contribution is 0.102. The number of carbonyl (C=O) groups is 1. The van der Waals surface area contributed by atoms with Gasteiger partial charge in [0, 0.05) is 22.3 Å². The highest BCUT2D eigenvalue weighted by Crippen LogP contribution is 2.32. The molecule has 1 amide bonds. The molecular weight excluding hydrogens is 512 g/mol. The van der Waals surface area contributed by atoms with Crippen molar-refractivity contribution in [2.24, 2.45) is 0 Å². The van der Waals surface area contributed by atoms with Gasteiger partial charge in [0.2, 0.25) is 10.0 Å². The van der Waals surface area contributed by atoms with Crippen molar-refractivity contribution in [3.63, 3.8) is 0 Å². The fourth-order valence-electron chi connectivity index (χ4n) is 4.82. The van der Waals surface area contributed by atoms with Crippen LogP contribution in [0.4, 0.5) is 5.69 Å². The van der Waals surface area contributed by atoms with Crippen LogP contribution in [0.15, 0.2) is 76.3 Å². The van der Waals surface area contributed by atoms with E-state index >= 15 is 0 Å². The van der Waals surface area contributed by atoms with Crippen LogP contribution < -0.4 is 10.0 Å². The Bertz CT molecular complexity index is 1550. The van der Waals surface area contributed by atoms with Crippen molar-refractivity contribution < 1.29 is 13.2 Å². The molecule has 0 spiro atoms. The van der Waals surface area contributed by atoms with Crippen LogP contribution in [0.2, 0.25) is 5.02 Å². The molecule has 5 rings (SSSR count). The van der Waals surface area contributed by atoms with Crippen molar-refractivity contribution in [2.75, 3.05) is 5.32 Å². The molecule has 5 nitrogen and oxygen atoms in total. The van der Waals surface area contributed by atoms with E-state index in [9.17, 15) is 13.2 Å². The van der Waals surface area contributed by atoms with Crippen LogP contribution in [0, 0.1) is 13.8 Å². The fourth-order valence-corrected chi connectivity index (χ4v) is 7.19. The molecule has 0 saturated carbocycles. The van der Waals surface area contributed by atoms with Crippen molar-refractivity contribution in [1.29, 1.82) is 0 Å². The molecule has 184 valence electrons. The quantitative estimate of drug-likeness (QED) is 0.300. The summed E-state index contributed by atoms with van der Waals surface area (Å²) in [5.41, 5.74) is 7.21. The molecule has 2 N–H and O–H groups in total. The van der Waals surface area contributed by atoms with Gasteiger partial charge in [0.25, 0.3) is 5.91 Å². The number of thiophene rings is 1. The number of anilines is 1. The number of hydrogen-bond acceptors (Lipinski definition) is 4. The summed E-state index contributed by atoms with van der Waals surface area (Å²) in [5.74, 6) is -0.195. The van der Waals surface area contributed by atoms with Gasteiger partial charge in [-0.3, -0.25) is 4.79 Å². The van der Waals surface area contributed by atoms with E-state index in [2.05, 4.69) is 16.1 Å². The summed E-state index contributed by atoms with van der Waals surface area (Å²) in [4.78, 5) is 13.4. The number of benzene rings is 3. The van der Waals surface area contributed by atoms with Gasteiger partial charge in [-0.1, -0.05) is 47.5 Å². The maximum Gasteiger partial charge on any atom is 0.256 e. The predicted molar refractivity (Wildman–Crippen MR) is 147 cm³/mol. The predicted octanol–water partition coefficient (Wildman–Crippen LogP) is 6.38. The first-order valence-corrected chi connectivity index (χ1v) is 14.3. The molecule has 4 aromatic rings. The first kappa shape index (κ1) is 24.7.